The summed E-state index contributed by atoms with van der Waals surface area (Å²) >= 11 is 0. The zero-order chi connectivity index (χ0) is 21.3. The minimum atomic E-state index is -1.69. The summed E-state index contributed by atoms with van der Waals surface area (Å²) in [5.41, 5.74) is 4.17. The summed E-state index contributed by atoms with van der Waals surface area (Å²) in [6.07, 6.45) is 7.74. The van der Waals surface area contributed by atoms with E-state index in [-0.39, 0.29) is 6.04 Å². The molecule has 2 aromatic heterocycles. The number of rotatable bonds is 5. The average molecular weight is 427 g/mol. The first-order valence-corrected chi connectivity index (χ1v) is 11.0. The summed E-state index contributed by atoms with van der Waals surface area (Å²) in [7, 11) is -1.69. The first-order valence-electron chi connectivity index (χ1n) is 9.86. The number of nitrogens with zero attached hydrogens (tertiary/aromatic N) is 2. The van der Waals surface area contributed by atoms with E-state index in [2.05, 4.69) is 15.0 Å². The second-order valence-electron chi connectivity index (χ2n) is 7.56. The van der Waals surface area contributed by atoms with Crippen molar-refractivity contribution in [1.82, 2.24) is 14.3 Å². The molecule has 6 nitrogen and oxygen atoms in total. The fraction of sp³-hybridized carbons (Fsp3) is 0.273. The molecule has 30 heavy (non-hydrogen) atoms. The molecule has 2 heterocycles. The van der Waals surface area contributed by atoms with Crippen LogP contribution in [0.25, 0.3) is 11.1 Å². The summed E-state index contributed by atoms with van der Waals surface area (Å²) in [5, 5.41) is 2.87. The maximum absolute atomic E-state index is 13.7. The Hall–Kier alpha value is -3.00. The number of aryl methyl sites for hydroxylation is 1. The Morgan fingerprint density at radius 1 is 1.23 bits per heavy atom. The van der Waals surface area contributed by atoms with Crippen molar-refractivity contribution in [2.24, 2.45) is 0 Å². The molecular formula is C22H23FN4O2S. The van der Waals surface area contributed by atoms with Crippen LogP contribution in [0.4, 0.5) is 14.9 Å². The van der Waals surface area contributed by atoms with Crippen LogP contribution in [0.5, 0.6) is 0 Å². The Labute approximate surface area is 177 Å². The largest absolute Gasteiger partial charge is 0.350 e. The van der Waals surface area contributed by atoms with Crippen molar-refractivity contribution in [3.05, 3.63) is 66.0 Å². The summed E-state index contributed by atoms with van der Waals surface area (Å²) in [6.45, 7) is 4.04. The van der Waals surface area contributed by atoms with Crippen molar-refractivity contribution < 1.29 is 13.4 Å². The van der Waals surface area contributed by atoms with Gasteiger partial charge in [-0.15, -0.1) is 0 Å². The van der Waals surface area contributed by atoms with Gasteiger partial charge in [0.15, 0.2) is 11.0 Å². The SMILES string of the molecule is CC(C)n1ccc(S(=O)NC(=O)Nc2c(-c3ccnc(F)c3)ccc3c2CCC3)c1. The van der Waals surface area contributed by atoms with Gasteiger partial charge in [-0.2, -0.15) is 4.39 Å². The molecule has 1 atom stereocenters. The van der Waals surface area contributed by atoms with E-state index >= 15 is 0 Å². The van der Waals surface area contributed by atoms with E-state index in [9.17, 15) is 13.4 Å². The van der Waals surface area contributed by atoms with Gasteiger partial charge in [-0.05, 0) is 61.9 Å². The van der Waals surface area contributed by atoms with Crippen LogP contribution in [0.15, 0.2) is 53.8 Å². The van der Waals surface area contributed by atoms with E-state index < -0.39 is 23.0 Å². The number of anilines is 1. The van der Waals surface area contributed by atoms with Gasteiger partial charge in [0.1, 0.15) is 0 Å². The van der Waals surface area contributed by atoms with Crippen LogP contribution in [0.2, 0.25) is 0 Å². The minimum Gasteiger partial charge on any atom is -0.350 e. The lowest BCUT2D eigenvalue weighted by atomic mass is 9.98. The average Bonchev–Trinajstić information content (AvgIpc) is 3.38. The number of aromatic nitrogens is 2. The Kier molecular flexibility index (Phi) is 5.67. The molecule has 1 aliphatic rings. The van der Waals surface area contributed by atoms with Gasteiger partial charge in [0.05, 0.1) is 10.6 Å². The summed E-state index contributed by atoms with van der Waals surface area (Å²) in [5.74, 6) is -0.584. The molecule has 156 valence electrons. The van der Waals surface area contributed by atoms with Crippen LogP contribution >= 0.6 is 0 Å². The number of pyridine rings is 1. The van der Waals surface area contributed by atoms with E-state index in [1.54, 1.807) is 18.3 Å². The molecule has 1 aromatic carbocycles. The number of amides is 2. The van der Waals surface area contributed by atoms with Crippen LogP contribution < -0.4 is 10.0 Å². The third kappa shape index (κ3) is 4.14. The smallest absolute Gasteiger partial charge is 0.331 e. The van der Waals surface area contributed by atoms with Crippen molar-refractivity contribution in [2.75, 3.05) is 5.32 Å². The summed E-state index contributed by atoms with van der Waals surface area (Å²) < 4.78 is 30.7. The fourth-order valence-corrected chi connectivity index (χ4v) is 4.46. The number of fused-ring (bicyclic) bond motifs is 1. The molecule has 0 saturated carbocycles. The minimum absolute atomic E-state index is 0.236. The van der Waals surface area contributed by atoms with Crippen LogP contribution in [-0.4, -0.2) is 19.8 Å². The zero-order valence-corrected chi connectivity index (χ0v) is 17.6. The normalized spacial score (nSPS) is 13.9. The summed E-state index contributed by atoms with van der Waals surface area (Å²) in [6, 6.07) is 8.34. The first kappa shape index (κ1) is 20.3. The maximum atomic E-state index is 13.7. The Balaban J connectivity index is 1.59. The van der Waals surface area contributed by atoms with E-state index in [1.807, 2.05) is 36.7 Å². The van der Waals surface area contributed by atoms with Crippen molar-refractivity contribution in [2.45, 2.75) is 44.0 Å². The molecule has 3 aromatic rings. The zero-order valence-electron chi connectivity index (χ0n) is 16.8. The highest BCUT2D eigenvalue weighted by molar-refractivity contribution is 7.83. The lowest BCUT2D eigenvalue weighted by Gasteiger charge is -2.16. The van der Waals surface area contributed by atoms with Gasteiger partial charge in [0.25, 0.3) is 0 Å². The lowest BCUT2D eigenvalue weighted by Crippen LogP contribution is -2.31. The standard InChI is InChI=1S/C22H23FN4O2S/c1-14(2)27-11-9-17(13-27)30(29)26-22(28)25-21-18-5-3-4-15(18)6-7-19(21)16-8-10-24-20(23)12-16/h6-14H,3-5H2,1-2H3,(H2,25,26,28). The van der Waals surface area contributed by atoms with Gasteiger partial charge < -0.3 is 9.88 Å². The molecule has 8 heteroatoms. The van der Waals surface area contributed by atoms with Gasteiger partial charge in [0, 0.05) is 36.3 Å². The molecule has 0 aliphatic heterocycles. The first-order chi connectivity index (χ1) is 14.4. The van der Waals surface area contributed by atoms with Gasteiger partial charge in [-0.1, -0.05) is 12.1 Å². The van der Waals surface area contributed by atoms with Crippen LogP contribution in [0.1, 0.15) is 37.4 Å². The number of hydrogen-bond donors (Lipinski definition) is 2. The highest BCUT2D eigenvalue weighted by Gasteiger charge is 2.21. The molecule has 0 saturated heterocycles. The quantitative estimate of drug-likeness (QED) is 0.586. The second kappa shape index (κ2) is 8.39. The Morgan fingerprint density at radius 2 is 2.07 bits per heavy atom. The predicted octanol–water partition coefficient (Wildman–Crippen LogP) is 4.60. The highest BCUT2D eigenvalue weighted by atomic mass is 32.2. The number of nitrogens with one attached hydrogen (secondary N) is 2. The predicted molar refractivity (Wildman–Crippen MR) is 115 cm³/mol. The third-order valence-electron chi connectivity index (χ3n) is 5.24. The molecule has 4 rings (SSSR count). The number of carbonyl (C=O) groups excluding carboxylic acids is 1. The van der Waals surface area contributed by atoms with E-state index in [0.29, 0.717) is 21.7 Å². The summed E-state index contributed by atoms with van der Waals surface area (Å²) in [4.78, 5) is 16.8. The van der Waals surface area contributed by atoms with Gasteiger partial charge >= 0.3 is 6.03 Å². The van der Waals surface area contributed by atoms with Crippen LogP contribution in [-0.2, 0) is 23.8 Å². The fourth-order valence-electron chi connectivity index (χ4n) is 3.73. The molecule has 2 amide bonds. The number of carbonyl (C=O) groups is 1. The van der Waals surface area contributed by atoms with Crippen molar-refractivity contribution in [3.63, 3.8) is 0 Å². The highest BCUT2D eigenvalue weighted by Crippen LogP contribution is 2.37. The second-order valence-corrected chi connectivity index (χ2v) is 8.77. The third-order valence-corrected chi connectivity index (χ3v) is 6.28. The van der Waals surface area contributed by atoms with Crippen molar-refractivity contribution in [3.8, 4) is 11.1 Å². The number of halogens is 1. The number of hydrogen-bond acceptors (Lipinski definition) is 3. The van der Waals surface area contributed by atoms with E-state index in [0.717, 1.165) is 24.8 Å². The van der Waals surface area contributed by atoms with Gasteiger partial charge in [0.2, 0.25) is 5.95 Å². The van der Waals surface area contributed by atoms with Crippen molar-refractivity contribution >= 4 is 22.7 Å². The van der Waals surface area contributed by atoms with E-state index in [1.165, 1.54) is 17.8 Å². The Morgan fingerprint density at radius 3 is 2.80 bits per heavy atom. The molecule has 0 fully saturated rings. The molecule has 0 radical (unpaired) electrons. The topological polar surface area (TPSA) is 76.0 Å². The molecule has 2 N–H and O–H groups in total. The van der Waals surface area contributed by atoms with E-state index in [4.69, 9.17) is 0 Å². The molecule has 0 spiro atoms. The molecule has 0 bridgehead atoms. The van der Waals surface area contributed by atoms with Crippen LogP contribution in [0.3, 0.4) is 0 Å². The van der Waals surface area contributed by atoms with Gasteiger partial charge in [-0.25, -0.2) is 14.0 Å². The monoisotopic (exact) mass is 426 g/mol. The molecular weight excluding hydrogens is 403 g/mol. The Bertz CT molecular complexity index is 1130. The number of benzene rings is 1. The molecule has 1 unspecified atom stereocenters. The van der Waals surface area contributed by atoms with Crippen molar-refractivity contribution in [1.29, 1.82) is 0 Å². The lowest BCUT2D eigenvalue weighted by molar-refractivity contribution is 0.257. The maximum Gasteiger partial charge on any atom is 0.331 e. The molecule has 1 aliphatic carbocycles. The van der Waals surface area contributed by atoms with Gasteiger partial charge in [-0.3, -0.25) is 4.72 Å². The van der Waals surface area contributed by atoms with Crippen LogP contribution in [0, 0.1) is 5.95 Å². The number of urea groups is 1.